The number of carbonyl (C=O) groups excluding carboxylic acids is 1. The Morgan fingerprint density at radius 1 is 1.07 bits per heavy atom. The molecule has 1 amide bonds. The maximum atomic E-state index is 12.8. The van der Waals surface area contributed by atoms with Crippen LogP contribution in [0, 0.1) is 11.3 Å². The van der Waals surface area contributed by atoms with Gasteiger partial charge >= 0.3 is 0 Å². The van der Waals surface area contributed by atoms with Crippen LogP contribution in [0.25, 0.3) is 0 Å². The first-order valence-electron chi connectivity index (χ1n) is 8.71. The average molecular weight is 367 g/mol. The zero-order valence-electron chi connectivity index (χ0n) is 16.0. The second-order valence-corrected chi connectivity index (χ2v) is 6.11. The van der Waals surface area contributed by atoms with Gasteiger partial charge in [0.25, 0.3) is 0 Å². The van der Waals surface area contributed by atoms with Crippen molar-refractivity contribution in [2.45, 2.75) is 13.0 Å². The predicted molar refractivity (Wildman–Crippen MR) is 105 cm³/mol. The van der Waals surface area contributed by atoms with E-state index in [-0.39, 0.29) is 18.9 Å². The molecule has 27 heavy (non-hydrogen) atoms. The van der Waals surface area contributed by atoms with E-state index in [0.29, 0.717) is 24.6 Å². The van der Waals surface area contributed by atoms with Crippen molar-refractivity contribution >= 4 is 11.6 Å². The van der Waals surface area contributed by atoms with Crippen LogP contribution in [0.2, 0.25) is 0 Å². The van der Waals surface area contributed by atoms with Gasteiger partial charge in [-0.15, -0.1) is 0 Å². The van der Waals surface area contributed by atoms with Gasteiger partial charge in [0.05, 0.1) is 33.3 Å². The standard InChI is InChI=1S/C21H25N3O3/c1-23(15-17-9-7-12-19(26-2)21(17)27-3)16-20(25)24(14-8-13-22)18-10-5-4-6-11-18/h4-7,9-12H,8,14-16H2,1-3H3. The van der Waals surface area contributed by atoms with Gasteiger partial charge in [-0.25, -0.2) is 0 Å². The number of para-hydroxylation sites is 2. The molecule has 0 N–H and O–H groups in total. The molecule has 0 unspecified atom stereocenters. The van der Waals surface area contributed by atoms with E-state index < -0.39 is 0 Å². The summed E-state index contributed by atoms with van der Waals surface area (Å²) < 4.78 is 10.8. The van der Waals surface area contributed by atoms with Gasteiger partial charge in [0.1, 0.15) is 0 Å². The van der Waals surface area contributed by atoms with Crippen LogP contribution in [-0.4, -0.2) is 45.2 Å². The molecule has 6 nitrogen and oxygen atoms in total. The third kappa shape index (κ3) is 5.47. The molecule has 0 saturated carbocycles. The van der Waals surface area contributed by atoms with Gasteiger partial charge in [0.2, 0.25) is 5.91 Å². The fourth-order valence-electron chi connectivity index (χ4n) is 2.91. The minimum absolute atomic E-state index is 0.0548. The normalized spacial score (nSPS) is 10.3. The van der Waals surface area contributed by atoms with E-state index in [0.717, 1.165) is 11.3 Å². The molecular weight excluding hydrogens is 342 g/mol. The third-order valence-corrected chi connectivity index (χ3v) is 4.15. The molecule has 2 aromatic carbocycles. The van der Waals surface area contributed by atoms with Crippen molar-refractivity contribution in [3.8, 4) is 17.6 Å². The Hall–Kier alpha value is -3.04. The SMILES string of the molecule is COc1cccc(CN(C)CC(=O)N(CCC#N)c2ccccc2)c1OC. The first kappa shape index (κ1) is 20.3. The lowest BCUT2D eigenvalue weighted by Crippen LogP contribution is -2.39. The van der Waals surface area contributed by atoms with Crippen molar-refractivity contribution in [1.82, 2.24) is 4.90 Å². The number of carbonyl (C=O) groups is 1. The molecule has 0 atom stereocenters. The lowest BCUT2D eigenvalue weighted by molar-refractivity contribution is -0.119. The van der Waals surface area contributed by atoms with Gasteiger partial charge in [0, 0.05) is 24.3 Å². The van der Waals surface area contributed by atoms with Crippen molar-refractivity contribution in [2.24, 2.45) is 0 Å². The van der Waals surface area contributed by atoms with Gasteiger partial charge in [-0.3, -0.25) is 9.69 Å². The number of hydrogen-bond donors (Lipinski definition) is 0. The summed E-state index contributed by atoms with van der Waals surface area (Å²) in [5, 5.41) is 8.90. The number of methoxy groups -OCH3 is 2. The molecule has 0 spiro atoms. The zero-order valence-corrected chi connectivity index (χ0v) is 16.0. The zero-order chi connectivity index (χ0) is 19.6. The van der Waals surface area contributed by atoms with E-state index in [2.05, 4.69) is 6.07 Å². The number of nitrogens with zero attached hydrogens (tertiary/aromatic N) is 3. The number of ether oxygens (including phenoxy) is 2. The van der Waals surface area contributed by atoms with Crippen LogP contribution in [0.1, 0.15) is 12.0 Å². The number of benzene rings is 2. The number of anilines is 1. The summed E-state index contributed by atoms with van der Waals surface area (Å²) in [6.07, 6.45) is 0.286. The maximum absolute atomic E-state index is 12.8. The average Bonchev–Trinajstić information content (AvgIpc) is 2.68. The Balaban J connectivity index is 2.10. The topological polar surface area (TPSA) is 65.8 Å². The van der Waals surface area contributed by atoms with Crippen molar-refractivity contribution in [2.75, 3.05) is 39.3 Å². The van der Waals surface area contributed by atoms with Crippen molar-refractivity contribution in [1.29, 1.82) is 5.26 Å². The Labute approximate surface area is 160 Å². The second-order valence-electron chi connectivity index (χ2n) is 6.11. The fraction of sp³-hybridized carbons (Fsp3) is 0.333. The number of likely N-dealkylation sites (N-methyl/N-ethyl adjacent to an activating group) is 1. The summed E-state index contributed by atoms with van der Waals surface area (Å²) in [7, 11) is 5.08. The van der Waals surface area contributed by atoms with Crippen LogP contribution in [0.4, 0.5) is 5.69 Å². The number of rotatable bonds is 9. The van der Waals surface area contributed by atoms with E-state index in [1.165, 1.54) is 0 Å². The second kappa shape index (κ2) is 10.2. The largest absolute Gasteiger partial charge is 0.493 e. The Kier molecular flexibility index (Phi) is 7.65. The van der Waals surface area contributed by atoms with Gasteiger partial charge in [0.15, 0.2) is 11.5 Å². The van der Waals surface area contributed by atoms with Gasteiger partial charge in [-0.05, 0) is 25.2 Å². The van der Waals surface area contributed by atoms with Gasteiger partial charge < -0.3 is 14.4 Å². The summed E-state index contributed by atoms with van der Waals surface area (Å²) in [5.74, 6) is 1.28. The summed E-state index contributed by atoms with van der Waals surface area (Å²) in [6.45, 7) is 1.13. The van der Waals surface area contributed by atoms with Crippen molar-refractivity contribution < 1.29 is 14.3 Å². The molecule has 2 rings (SSSR count). The highest BCUT2D eigenvalue weighted by atomic mass is 16.5. The molecule has 142 valence electrons. The monoisotopic (exact) mass is 367 g/mol. The highest BCUT2D eigenvalue weighted by Crippen LogP contribution is 2.31. The minimum atomic E-state index is -0.0548. The highest BCUT2D eigenvalue weighted by Gasteiger charge is 2.18. The quantitative estimate of drug-likeness (QED) is 0.681. The lowest BCUT2D eigenvalue weighted by Gasteiger charge is -2.25. The van der Waals surface area contributed by atoms with Crippen LogP contribution in [0.5, 0.6) is 11.5 Å². The molecule has 0 aliphatic carbocycles. The number of amides is 1. The Morgan fingerprint density at radius 2 is 1.81 bits per heavy atom. The molecule has 0 radical (unpaired) electrons. The number of nitriles is 1. The molecule has 0 heterocycles. The Morgan fingerprint density at radius 3 is 2.44 bits per heavy atom. The fourth-order valence-corrected chi connectivity index (χ4v) is 2.91. The van der Waals surface area contributed by atoms with Crippen LogP contribution in [0.3, 0.4) is 0 Å². The predicted octanol–water partition coefficient (Wildman–Crippen LogP) is 3.08. The van der Waals surface area contributed by atoms with Crippen molar-refractivity contribution in [3.05, 3.63) is 54.1 Å². The maximum Gasteiger partial charge on any atom is 0.241 e. The Bertz CT molecular complexity index is 787. The molecule has 0 bridgehead atoms. The molecular formula is C21H25N3O3. The molecule has 2 aromatic rings. The summed E-state index contributed by atoms with van der Waals surface area (Å²) in [5.41, 5.74) is 1.74. The molecule has 0 aliphatic heterocycles. The van der Waals surface area contributed by atoms with E-state index >= 15 is 0 Å². The van der Waals surface area contributed by atoms with Gasteiger partial charge in [-0.1, -0.05) is 30.3 Å². The first-order chi connectivity index (χ1) is 13.1. The highest BCUT2D eigenvalue weighted by molar-refractivity contribution is 5.94. The van der Waals surface area contributed by atoms with E-state index in [9.17, 15) is 4.79 Å². The van der Waals surface area contributed by atoms with Gasteiger partial charge in [-0.2, -0.15) is 5.26 Å². The third-order valence-electron chi connectivity index (χ3n) is 4.15. The smallest absolute Gasteiger partial charge is 0.241 e. The van der Waals surface area contributed by atoms with Crippen LogP contribution >= 0.6 is 0 Å². The lowest BCUT2D eigenvalue weighted by atomic mass is 10.1. The van der Waals surface area contributed by atoms with Crippen LogP contribution < -0.4 is 14.4 Å². The van der Waals surface area contributed by atoms with Crippen LogP contribution in [-0.2, 0) is 11.3 Å². The van der Waals surface area contributed by atoms with E-state index in [1.54, 1.807) is 19.1 Å². The van der Waals surface area contributed by atoms with Crippen molar-refractivity contribution in [3.63, 3.8) is 0 Å². The molecule has 6 heteroatoms. The summed E-state index contributed by atoms with van der Waals surface area (Å²) >= 11 is 0. The van der Waals surface area contributed by atoms with Crippen LogP contribution in [0.15, 0.2) is 48.5 Å². The molecule has 0 aliphatic rings. The molecule has 0 fully saturated rings. The number of hydrogen-bond acceptors (Lipinski definition) is 5. The van der Waals surface area contributed by atoms with E-state index in [4.69, 9.17) is 14.7 Å². The summed E-state index contributed by atoms with van der Waals surface area (Å²) in [6, 6.07) is 17.2. The van der Waals surface area contributed by atoms with E-state index in [1.807, 2.05) is 60.5 Å². The molecule has 0 aromatic heterocycles. The first-order valence-corrected chi connectivity index (χ1v) is 8.71. The molecule has 0 saturated heterocycles. The minimum Gasteiger partial charge on any atom is -0.493 e. The summed E-state index contributed by atoms with van der Waals surface area (Å²) in [4.78, 5) is 16.4.